The Morgan fingerprint density at radius 2 is 1.73 bits per heavy atom. The summed E-state index contributed by atoms with van der Waals surface area (Å²) in [6.45, 7) is 1.52. The normalized spacial score (nSPS) is 18.3. The molecular formula is C44H54N2O7S2. The number of methoxy groups -OCH3 is 1. The number of fused-ring (bicyclic) bond motifs is 5. The largest absolute Gasteiger partial charge is 0.508 e. The molecule has 4 aromatic rings. The van der Waals surface area contributed by atoms with Crippen LogP contribution in [0.15, 0.2) is 60.7 Å². The van der Waals surface area contributed by atoms with E-state index in [1.54, 1.807) is 36.1 Å². The second kappa shape index (κ2) is 19.9. The lowest BCUT2D eigenvalue weighted by atomic mass is 9.89. The van der Waals surface area contributed by atoms with Crippen molar-refractivity contribution < 1.29 is 34.4 Å². The number of aromatic hydroxyl groups is 2. The molecule has 0 saturated heterocycles. The van der Waals surface area contributed by atoms with Crippen LogP contribution in [0.25, 0.3) is 21.9 Å². The van der Waals surface area contributed by atoms with Gasteiger partial charge in [-0.25, -0.2) is 0 Å². The lowest BCUT2D eigenvalue weighted by molar-refractivity contribution is -0.124. The van der Waals surface area contributed by atoms with Crippen molar-refractivity contribution in [1.82, 2.24) is 5.32 Å². The molecule has 0 unspecified atom stereocenters. The van der Waals surface area contributed by atoms with Gasteiger partial charge in [0.25, 0.3) is 0 Å². The Morgan fingerprint density at radius 1 is 0.927 bits per heavy atom. The van der Waals surface area contributed by atoms with Crippen molar-refractivity contribution in [3.8, 4) is 28.4 Å². The SMILES string of the molecule is COc1c(O)ccc2c1-c1ccc3ccc(O)cc3c1CSSCCCC[C@@H](O[C@H](NC1CCCCC1)c1ccc(NCC(C)=O)c(CO)c1)CC(=O)CC2. The first-order valence-corrected chi connectivity index (χ1v) is 22.0. The molecule has 1 aliphatic carbocycles. The number of ether oxygens (including phenoxy) is 2. The molecule has 0 bridgehead atoms. The average Bonchev–Trinajstić information content (AvgIpc) is 3.18. The summed E-state index contributed by atoms with van der Waals surface area (Å²) in [5.74, 6) is 2.30. The average molecular weight is 787 g/mol. The zero-order valence-corrected chi connectivity index (χ0v) is 33.5. The first kappa shape index (κ1) is 40.9. The van der Waals surface area contributed by atoms with E-state index in [9.17, 15) is 24.9 Å². The lowest BCUT2D eigenvalue weighted by Gasteiger charge is -2.32. The van der Waals surface area contributed by atoms with E-state index in [-0.39, 0.29) is 54.8 Å². The molecule has 1 saturated carbocycles. The van der Waals surface area contributed by atoms with Gasteiger partial charge in [-0.2, -0.15) is 0 Å². The number of aryl methyl sites for hydroxylation is 1. The summed E-state index contributed by atoms with van der Waals surface area (Å²) in [7, 11) is 5.14. The molecule has 0 aromatic heterocycles. The molecule has 294 valence electrons. The zero-order chi connectivity index (χ0) is 38.7. The van der Waals surface area contributed by atoms with Crippen LogP contribution in [0, 0.1) is 0 Å². The van der Waals surface area contributed by atoms with Crippen molar-refractivity contribution >= 4 is 49.6 Å². The maximum Gasteiger partial charge on any atom is 0.168 e. The fraction of sp³-hybridized carbons (Fsp3) is 0.455. The highest BCUT2D eigenvalue weighted by Gasteiger charge is 2.27. The number of rotatable bonds is 10. The Labute approximate surface area is 332 Å². The first-order chi connectivity index (χ1) is 26.7. The van der Waals surface area contributed by atoms with Crippen molar-refractivity contribution in [3.05, 3.63) is 82.9 Å². The zero-order valence-electron chi connectivity index (χ0n) is 31.9. The number of aliphatic hydroxyl groups is 1. The molecule has 2 aliphatic rings. The van der Waals surface area contributed by atoms with Crippen LogP contribution >= 0.6 is 21.6 Å². The molecule has 2 atom stereocenters. The molecule has 0 radical (unpaired) electrons. The Morgan fingerprint density at radius 3 is 2.51 bits per heavy atom. The maximum absolute atomic E-state index is 14.0. The van der Waals surface area contributed by atoms with Crippen LogP contribution in [0.5, 0.6) is 17.2 Å². The van der Waals surface area contributed by atoms with E-state index >= 15 is 0 Å². The second-order valence-corrected chi connectivity index (χ2v) is 17.3. The summed E-state index contributed by atoms with van der Waals surface area (Å²) >= 11 is 0. The van der Waals surface area contributed by atoms with Gasteiger partial charge in [0.1, 0.15) is 23.5 Å². The Balaban J connectivity index is 1.29. The topological polar surface area (TPSA) is 137 Å². The smallest absolute Gasteiger partial charge is 0.168 e. The maximum atomic E-state index is 14.0. The summed E-state index contributed by atoms with van der Waals surface area (Å²) in [4.78, 5) is 25.6. The van der Waals surface area contributed by atoms with E-state index < -0.39 is 6.23 Å². The molecule has 6 rings (SSSR count). The van der Waals surface area contributed by atoms with Gasteiger partial charge >= 0.3 is 0 Å². The van der Waals surface area contributed by atoms with Gasteiger partial charge in [0, 0.05) is 47.2 Å². The van der Waals surface area contributed by atoms with E-state index in [0.717, 1.165) is 89.3 Å². The van der Waals surface area contributed by atoms with E-state index in [1.165, 1.54) is 13.3 Å². The summed E-state index contributed by atoms with van der Waals surface area (Å²) < 4.78 is 12.8. The molecule has 1 heterocycles. The third-order valence-corrected chi connectivity index (χ3v) is 13.1. The van der Waals surface area contributed by atoms with E-state index in [4.69, 9.17) is 9.47 Å². The number of hydrogen-bond donors (Lipinski definition) is 5. The molecule has 0 amide bonds. The van der Waals surface area contributed by atoms with Gasteiger partial charge < -0.3 is 30.1 Å². The molecule has 55 heavy (non-hydrogen) atoms. The molecule has 9 nitrogen and oxygen atoms in total. The predicted octanol–water partition coefficient (Wildman–Crippen LogP) is 9.38. The number of anilines is 1. The van der Waals surface area contributed by atoms with E-state index in [1.807, 2.05) is 47.2 Å². The van der Waals surface area contributed by atoms with Crippen molar-refractivity contribution in [2.24, 2.45) is 0 Å². The Kier molecular flexibility index (Phi) is 14.8. The number of benzene rings is 4. The standard InChI is InChI=1S/C44H54N2O7S2/c1-28(48)25-45-40-19-14-31(22-32(40)26-47)44(46-33-8-4-3-5-9-33)53-36-10-6-7-21-54-55-27-39-37(18-13-29-11-16-35(50)24-38(29)39)42-30(12-17-34(49)23-36)15-20-41(51)43(42)52-2/h11,13-16,18-20,22,24,33,36,44-47,50-51H,3-10,12,17,21,23,25-27H2,1-2H3/t36-,44+/m1/s1. The van der Waals surface area contributed by atoms with Gasteiger partial charge in [0.15, 0.2) is 11.5 Å². The predicted molar refractivity (Wildman–Crippen MR) is 224 cm³/mol. The van der Waals surface area contributed by atoms with Crippen LogP contribution < -0.4 is 15.4 Å². The van der Waals surface area contributed by atoms with Gasteiger partial charge in [-0.05, 0) is 102 Å². The van der Waals surface area contributed by atoms with Gasteiger partial charge in [0.2, 0.25) is 0 Å². The third-order valence-electron chi connectivity index (χ3n) is 10.7. The van der Waals surface area contributed by atoms with E-state index in [2.05, 4.69) is 16.7 Å². The van der Waals surface area contributed by atoms with Crippen molar-refractivity contribution in [3.63, 3.8) is 0 Å². The third kappa shape index (κ3) is 10.8. The van der Waals surface area contributed by atoms with Gasteiger partial charge in [-0.15, -0.1) is 0 Å². The fourth-order valence-electron chi connectivity index (χ4n) is 7.81. The summed E-state index contributed by atoms with van der Waals surface area (Å²) in [6.07, 6.45) is 8.48. The van der Waals surface area contributed by atoms with Crippen molar-refractivity contribution in [2.45, 2.75) is 108 Å². The van der Waals surface area contributed by atoms with Crippen LogP contribution in [0.2, 0.25) is 0 Å². The number of carbonyl (C=O) groups excluding carboxylic acids is 2. The first-order valence-electron chi connectivity index (χ1n) is 19.5. The van der Waals surface area contributed by atoms with Crippen molar-refractivity contribution in [2.75, 3.05) is 24.7 Å². The van der Waals surface area contributed by atoms with Crippen LogP contribution in [-0.4, -0.2) is 58.4 Å². The highest BCUT2D eigenvalue weighted by molar-refractivity contribution is 8.76. The number of phenolic OH excluding ortho intramolecular Hbond substituents is 2. The Bertz CT molecular complexity index is 1950. The molecule has 4 aromatic carbocycles. The highest BCUT2D eigenvalue weighted by Crippen LogP contribution is 2.46. The molecule has 11 heteroatoms. The number of aliphatic hydroxyl groups excluding tert-OH is 1. The number of ketones is 2. The monoisotopic (exact) mass is 786 g/mol. The van der Waals surface area contributed by atoms with Crippen LogP contribution in [0.3, 0.4) is 0 Å². The quantitative estimate of drug-likeness (QED) is 0.0777. The molecule has 0 spiro atoms. The number of carbonyl (C=O) groups is 2. The van der Waals surface area contributed by atoms with Crippen molar-refractivity contribution in [1.29, 1.82) is 0 Å². The van der Waals surface area contributed by atoms with Gasteiger partial charge in [0.05, 0.1) is 26.4 Å². The van der Waals surface area contributed by atoms with Gasteiger partial charge in [-0.3, -0.25) is 14.9 Å². The molecule has 1 aliphatic heterocycles. The fourth-order valence-corrected chi connectivity index (χ4v) is 10.1. The number of hydrogen-bond acceptors (Lipinski definition) is 11. The molecule has 1 fully saturated rings. The lowest BCUT2D eigenvalue weighted by Crippen LogP contribution is -2.38. The number of Topliss-reactive ketones (excluding diaryl/α,β-unsaturated/α-hetero) is 2. The molecular weight excluding hydrogens is 733 g/mol. The van der Waals surface area contributed by atoms with Crippen LogP contribution in [-0.2, 0) is 33.1 Å². The summed E-state index contributed by atoms with van der Waals surface area (Å²) in [5.41, 5.74) is 5.91. The Hall–Kier alpha value is -3.74. The minimum Gasteiger partial charge on any atom is -0.508 e. The molecule has 5 N–H and O–H groups in total. The van der Waals surface area contributed by atoms with Gasteiger partial charge in [-0.1, -0.05) is 77.6 Å². The van der Waals surface area contributed by atoms with Crippen LogP contribution in [0.4, 0.5) is 5.69 Å². The summed E-state index contributed by atoms with van der Waals surface area (Å²) in [5, 5.41) is 40.6. The number of phenols is 2. The minimum absolute atomic E-state index is 0.00941. The van der Waals surface area contributed by atoms with E-state index in [0.29, 0.717) is 35.6 Å². The summed E-state index contributed by atoms with van der Waals surface area (Å²) in [6, 6.07) is 19.1. The number of nitrogens with one attached hydrogen (secondary N) is 2. The second-order valence-electron chi connectivity index (χ2n) is 14.7. The van der Waals surface area contributed by atoms with Crippen LogP contribution in [0.1, 0.15) is 99.6 Å². The minimum atomic E-state index is -0.470. The highest BCUT2D eigenvalue weighted by atomic mass is 33.1.